The van der Waals surface area contributed by atoms with Crippen molar-refractivity contribution in [2.75, 3.05) is 6.54 Å². The number of thioether (sulfide) groups is 1. The maximum Gasteiger partial charge on any atom is 0.327 e. The molecule has 0 saturated carbocycles. The maximum absolute atomic E-state index is 12.3. The van der Waals surface area contributed by atoms with E-state index in [-0.39, 0.29) is 25.3 Å². The zero-order valence-corrected chi connectivity index (χ0v) is 17.0. The molecule has 0 radical (unpaired) electrons. The molecule has 0 aromatic heterocycles. The minimum atomic E-state index is -1.18. The molecule has 6 N–H and O–H groups in total. The number of carbonyl (C=O) groups excluding carboxylic acids is 3. The average molecular weight is 430 g/mol. The van der Waals surface area contributed by atoms with E-state index in [1.165, 1.54) is 16.7 Å². The molecule has 3 amide bonds. The van der Waals surface area contributed by atoms with Gasteiger partial charge in [-0.05, 0) is 26.7 Å². The lowest BCUT2D eigenvalue weighted by atomic mass is 9.96. The number of carbonyl (C=O) groups is 5. The lowest BCUT2D eigenvalue weighted by Crippen LogP contribution is -2.70. The number of nitrogens with two attached hydrogens (primary N) is 1. The Balaban J connectivity index is 1.78. The molecule has 11 nitrogen and oxygen atoms in total. The minimum Gasteiger partial charge on any atom is -0.480 e. The molecule has 2 aliphatic heterocycles. The number of carboxylic acids is 2. The third kappa shape index (κ3) is 4.99. The number of rotatable bonds is 10. The summed E-state index contributed by atoms with van der Waals surface area (Å²) in [5, 5.41) is 23.0. The Morgan fingerprint density at radius 2 is 1.86 bits per heavy atom. The van der Waals surface area contributed by atoms with Gasteiger partial charge >= 0.3 is 11.9 Å². The van der Waals surface area contributed by atoms with Gasteiger partial charge in [-0.2, -0.15) is 0 Å². The first-order valence-electron chi connectivity index (χ1n) is 9.24. The fraction of sp³-hybridized carbons (Fsp3) is 0.706. The molecule has 162 valence electrons. The SMILES string of the molecule is CC1(C)S[C@@H]2[C@H](NC(=O)CCCC[C@@H](NC(=O)CN)C(=O)O)C(=O)N2[C@H]1C(=O)O. The number of hydrogen-bond acceptors (Lipinski definition) is 7. The lowest BCUT2D eigenvalue weighted by Gasteiger charge is -2.43. The van der Waals surface area contributed by atoms with Gasteiger partial charge in [0.1, 0.15) is 23.5 Å². The summed E-state index contributed by atoms with van der Waals surface area (Å²) in [4.78, 5) is 59.6. The Hall–Kier alpha value is -2.34. The molecule has 0 aromatic rings. The Morgan fingerprint density at radius 3 is 2.41 bits per heavy atom. The number of carboxylic acid groups (broad SMARTS) is 2. The van der Waals surface area contributed by atoms with E-state index in [0.29, 0.717) is 12.8 Å². The molecule has 12 heteroatoms. The van der Waals surface area contributed by atoms with Gasteiger partial charge in [-0.25, -0.2) is 9.59 Å². The molecule has 2 heterocycles. The molecule has 2 saturated heterocycles. The van der Waals surface area contributed by atoms with Crippen LogP contribution in [0.4, 0.5) is 0 Å². The number of aliphatic carboxylic acids is 2. The van der Waals surface area contributed by atoms with Gasteiger partial charge in [-0.1, -0.05) is 6.42 Å². The van der Waals surface area contributed by atoms with E-state index in [2.05, 4.69) is 10.6 Å². The van der Waals surface area contributed by atoms with Crippen molar-refractivity contribution in [1.29, 1.82) is 0 Å². The number of amides is 3. The fourth-order valence-corrected chi connectivity index (χ4v) is 5.16. The van der Waals surface area contributed by atoms with E-state index < -0.39 is 52.0 Å². The van der Waals surface area contributed by atoms with Gasteiger partial charge in [0.15, 0.2) is 0 Å². The molecule has 0 spiro atoms. The van der Waals surface area contributed by atoms with Gasteiger partial charge in [-0.15, -0.1) is 11.8 Å². The van der Waals surface area contributed by atoms with E-state index in [0.717, 1.165) is 0 Å². The van der Waals surface area contributed by atoms with Crippen molar-refractivity contribution in [3.63, 3.8) is 0 Å². The second kappa shape index (κ2) is 8.99. The Morgan fingerprint density at radius 1 is 1.21 bits per heavy atom. The largest absolute Gasteiger partial charge is 0.480 e. The van der Waals surface area contributed by atoms with E-state index >= 15 is 0 Å². The Bertz CT molecular complexity index is 714. The third-order valence-corrected chi connectivity index (χ3v) is 6.53. The van der Waals surface area contributed by atoms with Crippen LogP contribution in [0.3, 0.4) is 0 Å². The van der Waals surface area contributed by atoms with Gasteiger partial charge in [0.2, 0.25) is 17.7 Å². The number of fused-ring (bicyclic) bond motifs is 1. The summed E-state index contributed by atoms with van der Waals surface area (Å²) in [6.07, 6.45) is 0.994. The summed E-state index contributed by atoms with van der Waals surface area (Å²) < 4.78 is -0.661. The highest BCUT2D eigenvalue weighted by atomic mass is 32.2. The van der Waals surface area contributed by atoms with Crippen LogP contribution >= 0.6 is 11.8 Å². The van der Waals surface area contributed by atoms with Crippen LogP contribution in [0.2, 0.25) is 0 Å². The molecular weight excluding hydrogens is 404 g/mol. The topological polar surface area (TPSA) is 179 Å². The van der Waals surface area contributed by atoms with Crippen LogP contribution in [0, 0.1) is 0 Å². The predicted octanol–water partition coefficient (Wildman–Crippen LogP) is -1.29. The van der Waals surface area contributed by atoms with Crippen LogP contribution < -0.4 is 16.4 Å². The number of nitrogens with zero attached hydrogens (tertiary/aromatic N) is 1. The monoisotopic (exact) mass is 430 g/mol. The molecule has 2 aliphatic rings. The molecule has 0 aliphatic carbocycles. The highest BCUT2D eigenvalue weighted by Gasteiger charge is 2.64. The standard InChI is InChI=1S/C17H26N4O7S/c1-17(2)12(16(27)28)21-13(24)11(14(21)29-17)20-9(22)6-4-3-5-8(15(25)26)19-10(23)7-18/h8,11-12,14H,3-7,18H2,1-2H3,(H,19,23)(H,20,22)(H,25,26)(H,27,28)/t8-,11-,12+,14-/m1/s1. The predicted molar refractivity (Wildman–Crippen MR) is 103 cm³/mol. The van der Waals surface area contributed by atoms with Crippen molar-refractivity contribution < 1.29 is 34.2 Å². The van der Waals surface area contributed by atoms with Gasteiger partial charge in [0, 0.05) is 11.2 Å². The average Bonchev–Trinajstić information content (AvgIpc) is 2.89. The summed E-state index contributed by atoms with van der Waals surface area (Å²) in [5.41, 5.74) is 5.15. The molecular formula is C17H26N4O7S. The Labute approximate surface area is 171 Å². The number of β-lactam (4-membered cyclic amide) rings is 1. The van der Waals surface area contributed by atoms with Crippen LogP contribution in [0.5, 0.6) is 0 Å². The van der Waals surface area contributed by atoms with Crippen molar-refractivity contribution in [3.05, 3.63) is 0 Å². The highest BCUT2D eigenvalue weighted by Crippen LogP contribution is 2.50. The summed E-state index contributed by atoms with van der Waals surface area (Å²) in [6, 6.07) is -2.76. The summed E-state index contributed by atoms with van der Waals surface area (Å²) >= 11 is 1.34. The molecule has 0 aromatic carbocycles. The van der Waals surface area contributed by atoms with Crippen molar-refractivity contribution in [3.8, 4) is 0 Å². The van der Waals surface area contributed by atoms with Gasteiger partial charge in [0.05, 0.1) is 6.54 Å². The van der Waals surface area contributed by atoms with Crippen molar-refractivity contribution in [2.45, 2.75) is 67.8 Å². The molecule has 4 atom stereocenters. The fourth-order valence-electron chi connectivity index (χ4n) is 3.54. The number of hydrogen-bond donors (Lipinski definition) is 5. The van der Waals surface area contributed by atoms with Crippen molar-refractivity contribution in [1.82, 2.24) is 15.5 Å². The van der Waals surface area contributed by atoms with Gasteiger partial charge in [0.25, 0.3) is 0 Å². The quantitative estimate of drug-likeness (QED) is 0.208. The molecule has 2 fully saturated rings. The van der Waals surface area contributed by atoms with E-state index in [1.807, 2.05) is 0 Å². The minimum absolute atomic E-state index is 0.0874. The summed E-state index contributed by atoms with van der Waals surface area (Å²) in [7, 11) is 0. The van der Waals surface area contributed by atoms with E-state index in [4.69, 9.17) is 10.8 Å². The summed E-state index contributed by atoms with van der Waals surface area (Å²) in [5.74, 6) is -3.59. The summed E-state index contributed by atoms with van der Waals surface area (Å²) in [6.45, 7) is 3.20. The van der Waals surface area contributed by atoms with Crippen LogP contribution in [0.25, 0.3) is 0 Å². The number of nitrogens with one attached hydrogen (secondary N) is 2. The number of unbranched alkanes of at least 4 members (excludes halogenated alkanes) is 1. The second-order valence-electron chi connectivity index (χ2n) is 7.55. The second-order valence-corrected chi connectivity index (χ2v) is 9.32. The first kappa shape index (κ1) is 22.9. The van der Waals surface area contributed by atoms with Gasteiger partial charge in [-0.3, -0.25) is 14.4 Å². The smallest absolute Gasteiger partial charge is 0.327 e. The maximum atomic E-state index is 12.3. The van der Waals surface area contributed by atoms with E-state index in [1.54, 1.807) is 13.8 Å². The van der Waals surface area contributed by atoms with Crippen LogP contribution in [-0.4, -0.2) is 79.6 Å². The highest BCUT2D eigenvalue weighted by molar-refractivity contribution is 8.01. The van der Waals surface area contributed by atoms with E-state index in [9.17, 15) is 29.1 Å². The zero-order chi connectivity index (χ0) is 21.9. The lowest BCUT2D eigenvalue weighted by molar-refractivity contribution is -0.161. The van der Waals surface area contributed by atoms with Crippen LogP contribution in [0.15, 0.2) is 0 Å². The zero-order valence-electron chi connectivity index (χ0n) is 16.2. The third-order valence-electron chi connectivity index (χ3n) is 4.96. The first-order chi connectivity index (χ1) is 13.5. The van der Waals surface area contributed by atoms with Crippen LogP contribution in [-0.2, 0) is 24.0 Å². The molecule has 2 rings (SSSR count). The van der Waals surface area contributed by atoms with Crippen LogP contribution in [0.1, 0.15) is 39.5 Å². The first-order valence-corrected chi connectivity index (χ1v) is 10.1. The normalized spacial score (nSPS) is 25.6. The van der Waals surface area contributed by atoms with Crippen molar-refractivity contribution >= 4 is 41.4 Å². The molecule has 0 unspecified atom stereocenters. The molecule has 29 heavy (non-hydrogen) atoms. The Kier molecular flexibility index (Phi) is 7.11. The van der Waals surface area contributed by atoms with Crippen molar-refractivity contribution in [2.24, 2.45) is 5.73 Å². The molecule has 0 bridgehead atoms. The van der Waals surface area contributed by atoms with Gasteiger partial charge < -0.3 is 31.5 Å².